The number of nitrogens with one attached hydrogen (secondary N) is 2. The highest BCUT2D eigenvalue weighted by Gasteiger charge is 2.48. The summed E-state index contributed by atoms with van der Waals surface area (Å²) >= 11 is 0. The van der Waals surface area contributed by atoms with Gasteiger partial charge in [-0.25, -0.2) is 0 Å². The molecule has 0 aliphatic carbocycles. The van der Waals surface area contributed by atoms with Crippen molar-refractivity contribution in [3.63, 3.8) is 0 Å². The minimum absolute atomic E-state index is 0. The number of aromatic nitrogens is 2. The van der Waals surface area contributed by atoms with Gasteiger partial charge in [-0.3, -0.25) is 9.59 Å². The number of esters is 1. The maximum absolute atomic E-state index is 11.5. The second-order valence-electron chi connectivity index (χ2n) is 10.6. The number of benzene rings is 3. The van der Waals surface area contributed by atoms with E-state index in [9.17, 15) is 9.59 Å². The summed E-state index contributed by atoms with van der Waals surface area (Å²) in [5.74, 6) is 1.54. The maximum Gasteiger partial charge on any atom is 0.303 e. The third kappa shape index (κ3) is 7.74. The Kier molecular flexibility index (Phi) is 10.3. The highest BCUT2D eigenvalue weighted by molar-refractivity contribution is 5.95. The average Bonchev–Trinajstić information content (AvgIpc) is 3.46. The molecule has 2 N–H and O–H groups in total. The number of rotatable bonds is 7. The minimum atomic E-state index is -0.183. The molecule has 0 radical (unpaired) electrons. The van der Waals surface area contributed by atoms with E-state index in [4.69, 9.17) is 9.26 Å². The summed E-state index contributed by atoms with van der Waals surface area (Å²) in [6.07, 6.45) is 2.23. The zero-order valence-corrected chi connectivity index (χ0v) is 24.6. The van der Waals surface area contributed by atoms with Crippen LogP contribution in [0.2, 0.25) is 0 Å². The van der Waals surface area contributed by atoms with E-state index in [1.807, 2.05) is 78.9 Å². The molecule has 3 aromatic carbocycles. The lowest BCUT2D eigenvalue weighted by Gasteiger charge is -2.51. The third-order valence-electron chi connectivity index (χ3n) is 7.74. The zero-order valence-electron chi connectivity index (χ0n) is 23.8. The predicted molar refractivity (Wildman–Crippen MR) is 156 cm³/mol. The Morgan fingerprint density at radius 2 is 1.62 bits per heavy atom. The number of hydrogen-bond acceptors (Lipinski definition) is 7. The van der Waals surface area contributed by atoms with E-state index in [-0.39, 0.29) is 30.4 Å². The molecule has 0 spiro atoms. The lowest BCUT2D eigenvalue weighted by molar-refractivity contribution is -0.958. The van der Waals surface area contributed by atoms with E-state index in [2.05, 4.69) is 20.8 Å². The van der Waals surface area contributed by atoms with Crippen LogP contribution in [-0.2, 0) is 16.1 Å². The van der Waals surface area contributed by atoms with Gasteiger partial charge in [0.15, 0.2) is 6.10 Å². The Balaban J connectivity index is 0.000000200. The van der Waals surface area contributed by atoms with Gasteiger partial charge < -0.3 is 36.8 Å². The normalized spacial score (nSPS) is 20.3. The van der Waals surface area contributed by atoms with Crippen molar-refractivity contribution >= 4 is 23.3 Å². The van der Waals surface area contributed by atoms with Gasteiger partial charge in [-0.05, 0) is 42.5 Å². The molecule has 4 heterocycles. The largest absolute Gasteiger partial charge is 1.00 e. The molecule has 0 saturated carbocycles. The number of amides is 1. The smallest absolute Gasteiger partial charge is 0.303 e. The third-order valence-corrected chi connectivity index (χ3v) is 7.74. The summed E-state index contributed by atoms with van der Waals surface area (Å²) in [5.41, 5.74) is 3.48. The fraction of sp³-hybridized carbons (Fsp3) is 0.312. The Bertz CT molecular complexity index is 1460. The molecule has 3 saturated heterocycles. The molecule has 3 aliphatic rings. The number of carbonyl (C=O) groups is 2. The fourth-order valence-corrected chi connectivity index (χ4v) is 5.68. The molecular weight excluding hydrogens is 554 g/mol. The Morgan fingerprint density at radius 3 is 2.29 bits per heavy atom. The van der Waals surface area contributed by atoms with Crippen LogP contribution in [0.15, 0.2) is 89.5 Å². The number of quaternary nitrogens is 1. The number of anilines is 2. The molecule has 3 fully saturated rings. The van der Waals surface area contributed by atoms with Crippen LogP contribution in [0.4, 0.5) is 11.4 Å². The van der Waals surface area contributed by atoms with Gasteiger partial charge in [0.25, 0.3) is 11.8 Å². The highest BCUT2D eigenvalue weighted by Crippen LogP contribution is 2.37. The molecule has 1 atom stereocenters. The first kappa shape index (κ1) is 30.7. The molecule has 220 valence electrons. The predicted octanol–water partition coefficient (Wildman–Crippen LogP) is 2.20. The molecule has 1 unspecified atom stereocenters. The molecule has 10 heteroatoms. The summed E-state index contributed by atoms with van der Waals surface area (Å²) in [6.45, 7) is 5.28. The number of halogens is 1. The Hall–Kier alpha value is -4.21. The molecule has 42 heavy (non-hydrogen) atoms. The van der Waals surface area contributed by atoms with Gasteiger partial charge in [-0.15, -0.1) is 0 Å². The molecule has 2 bridgehead atoms. The summed E-state index contributed by atoms with van der Waals surface area (Å²) in [6, 6.07) is 27.1. The first-order chi connectivity index (χ1) is 19.9. The molecule has 1 amide bonds. The van der Waals surface area contributed by atoms with Crippen molar-refractivity contribution in [1.82, 2.24) is 15.5 Å². The van der Waals surface area contributed by atoms with Crippen LogP contribution in [0.5, 0.6) is 0 Å². The van der Waals surface area contributed by atoms with Crippen LogP contribution in [-0.4, -0.2) is 59.3 Å². The first-order valence-corrected chi connectivity index (χ1v) is 14.0. The van der Waals surface area contributed by atoms with Gasteiger partial charge in [-0.2, -0.15) is 4.98 Å². The Morgan fingerprint density at radius 1 is 0.952 bits per heavy atom. The van der Waals surface area contributed by atoms with E-state index >= 15 is 0 Å². The van der Waals surface area contributed by atoms with Crippen molar-refractivity contribution in [3.8, 4) is 11.5 Å². The fourth-order valence-electron chi connectivity index (χ4n) is 5.68. The van der Waals surface area contributed by atoms with Crippen molar-refractivity contribution in [3.05, 3.63) is 96.3 Å². The summed E-state index contributed by atoms with van der Waals surface area (Å²) in [4.78, 5) is 27.4. The van der Waals surface area contributed by atoms with Gasteiger partial charge in [0.2, 0.25) is 5.82 Å². The molecule has 3 aliphatic heterocycles. The highest BCUT2D eigenvalue weighted by atomic mass is 35.5. The maximum atomic E-state index is 11.5. The first-order valence-electron chi connectivity index (χ1n) is 14.0. The van der Waals surface area contributed by atoms with Crippen LogP contribution < -0.4 is 23.0 Å². The topological polar surface area (TPSA) is 106 Å². The second-order valence-corrected chi connectivity index (χ2v) is 10.6. The van der Waals surface area contributed by atoms with Crippen molar-refractivity contribution in [2.24, 2.45) is 5.92 Å². The van der Waals surface area contributed by atoms with Gasteiger partial charge >= 0.3 is 5.97 Å². The summed E-state index contributed by atoms with van der Waals surface area (Å²) in [7, 11) is 1.62. The van der Waals surface area contributed by atoms with Crippen LogP contribution in [0.25, 0.3) is 11.5 Å². The number of piperidine rings is 3. The van der Waals surface area contributed by atoms with Crippen LogP contribution in [0, 0.1) is 5.92 Å². The monoisotopic (exact) mass is 589 g/mol. The number of carbonyl (C=O) groups excluding carboxylic acids is 2. The summed E-state index contributed by atoms with van der Waals surface area (Å²) < 4.78 is 11.9. The molecule has 1 aromatic heterocycles. The van der Waals surface area contributed by atoms with Gasteiger partial charge in [0, 0.05) is 55.2 Å². The van der Waals surface area contributed by atoms with Gasteiger partial charge in [-0.1, -0.05) is 47.6 Å². The van der Waals surface area contributed by atoms with Gasteiger partial charge in [0.05, 0.1) is 13.1 Å². The molecule has 4 aromatic rings. The number of nitrogens with zero attached hydrogens (tertiary/aromatic N) is 3. The Labute approximate surface area is 252 Å². The van der Waals surface area contributed by atoms with E-state index in [1.165, 1.54) is 6.92 Å². The zero-order chi connectivity index (χ0) is 28.7. The number of para-hydroxylation sites is 1. The number of hydrogen-bond donors (Lipinski definition) is 2. The summed E-state index contributed by atoms with van der Waals surface area (Å²) in [5, 5.41) is 10.0. The van der Waals surface area contributed by atoms with Crippen LogP contribution in [0.1, 0.15) is 35.9 Å². The molecule has 9 nitrogen and oxygen atoms in total. The van der Waals surface area contributed by atoms with E-state index in [0.717, 1.165) is 66.3 Å². The minimum Gasteiger partial charge on any atom is -1.00 e. The lowest BCUT2D eigenvalue weighted by Crippen LogP contribution is -3.00. The van der Waals surface area contributed by atoms with E-state index < -0.39 is 0 Å². The number of fused-ring (bicyclic) bond motifs is 3. The standard InChI is InChI=1S/C18H22N3O3.C14H14N2O.ClH/c1-13(22)23-16-11-21(9-7-14(16)8-10-21)12-17-19-18(24-20-17)15-5-3-2-4-6-15;1-15-14(17)11-6-5-9-13(10-11)16-12-7-3-2-4-8-12;/h2-6,14,16H,7-12H2,1H3;2-10,16H,1H3,(H,15,17);1H/q+1;;/p-1. The van der Waals surface area contributed by atoms with Crippen molar-refractivity contribution in [2.45, 2.75) is 32.4 Å². The van der Waals surface area contributed by atoms with Crippen molar-refractivity contribution in [1.29, 1.82) is 0 Å². The second kappa shape index (κ2) is 14.1. The van der Waals surface area contributed by atoms with Crippen molar-refractivity contribution < 1.29 is 35.7 Å². The van der Waals surface area contributed by atoms with Crippen molar-refractivity contribution in [2.75, 3.05) is 32.0 Å². The molecular formula is C32H36ClN5O4. The van der Waals surface area contributed by atoms with E-state index in [1.54, 1.807) is 13.1 Å². The average molecular weight is 590 g/mol. The quantitative estimate of drug-likeness (QED) is 0.251. The van der Waals surface area contributed by atoms with Gasteiger partial charge in [0.1, 0.15) is 13.1 Å². The van der Waals surface area contributed by atoms with Crippen LogP contribution in [0.3, 0.4) is 0 Å². The number of ether oxygens (including phenoxy) is 1. The lowest BCUT2D eigenvalue weighted by atomic mass is 9.83. The SMILES string of the molecule is CC(=O)OC1C[N+]2(Cc3noc(-c4ccccc4)n3)CCC1CC2.CNC(=O)c1cccc(Nc2ccccc2)c1.[Cl-]. The van der Waals surface area contributed by atoms with Crippen LogP contribution >= 0.6 is 0 Å². The van der Waals surface area contributed by atoms with E-state index in [0.29, 0.717) is 17.4 Å². The molecule has 7 rings (SSSR count).